The molecule has 1 atom stereocenters. The third-order valence-corrected chi connectivity index (χ3v) is 7.05. The Kier molecular flexibility index (Phi) is 9.08. The van der Waals surface area contributed by atoms with E-state index in [1.54, 1.807) is 12.1 Å². The summed E-state index contributed by atoms with van der Waals surface area (Å²) in [5.74, 6) is 5.04. The van der Waals surface area contributed by atoms with E-state index in [0.29, 0.717) is 37.4 Å². The summed E-state index contributed by atoms with van der Waals surface area (Å²) in [4.78, 5) is 10.9. The van der Waals surface area contributed by atoms with E-state index in [1.807, 2.05) is 0 Å². The highest BCUT2D eigenvalue weighted by atomic mass is 32.2. The molecule has 1 fully saturated rings. The predicted molar refractivity (Wildman–Crippen MR) is 109 cm³/mol. The van der Waals surface area contributed by atoms with Gasteiger partial charge in [-0.25, -0.2) is 22.2 Å². The van der Waals surface area contributed by atoms with Crippen molar-refractivity contribution in [3.63, 3.8) is 0 Å². The molecule has 1 aromatic carbocycles. The first-order valence-corrected chi connectivity index (χ1v) is 11.6. The Bertz CT molecular complexity index is 809. The van der Waals surface area contributed by atoms with Crippen LogP contribution in [-0.2, 0) is 14.8 Å². The molecule has 0 spiro atoms. The average Bonchev–Trinajstić information content (AvgIpc) is 2.72. The second-order valence-corrected chi connectivity index (χ2v) is 9.30. The molecule has 1 saturated heterocycles. The number of amides is 1. The van der Waals surface area contributed by atoms with Crippen LogP contribution in [0.15, 0.2) is 24.3 Å². The second-order valence-electron chi connectivity index (χ2n) is 7.28. The largest absolute Gasteiger partial charge is 0.285 e. The number of carbonyl (C=O) groups excluding carboxylic acids is 1. The number of hydrogen-bond donors (Lipinski definition) is 1. The number of unbranched alkanes of at least 4 members (excludes halogenated alkanes) is 3. The summed E-state index contributed by atoms with van der Waals surface area (Å²) in [5.41, 5.74) is 1.00. The lowest BCUT2D eigenvalue weighted by molar-refractivity contribution is -0.153. The highest BCUT2D eigenvalue weighted by molar-refractivity contribution is 7.89. The lowest BCUT2D eigenvalue weighted by Gasteiger charge is -2.32. The van der Waals surface area contributed by atoms with Gasteiger partial charge in [-0.05, 0) is 42.9 Å². The van der Waals surface area contributed by atoms with Crippen LogP contribution in [0.25, 0.3) is 0 Å². The zero-order valence-corrected chi connectivity index (χ0v) is 17.6. The summed E-state index contributed by atoms with van der Waals surface area (Å²) in [6, 6.07) is 5.22. The van der Waals surface area contributed by atoms with Gasteiger partial charge in [-0.3, -0.25) is 10.0 Å². The summed E-state index contributed by atoms with van der Waals surface area (Å²) in [7, 11) is -3.69. The number of benzene rings is 1. The molecule has 0 radical (unpaired) electrons. The van der Waals surface area contributed by atoms with E-state index < -0.39 is 21.8 Å². The first kappa shape index (κ1) is 23.3. The molecule has 1 unspecified atom stereocenters. The Morgan fingerprint density at radius 3 is 2.52 bits per heavy atom. The number of hydrogen-bond acceptors (Lipinski definition) is 4. The van der Waals surface area contributed by atoms with Crippen molar-refractivity contribution in [1.29, 1.82) is 0 Å². The summed E-state index contributed by atoms with van der Waals surface area (Å²) in [6.07, 6.45) is 5.02. The Labute approximate surface area is 172 Å². The molecular formula is C21H29FN2O4S. The number of hydroxylamine groups is 2. The van der Waals surface area contributed by atoms with Crippen molar-refractivity contribution in [2.24, 2.45) is 0 Å². The highest BCUT2D eigenvalue weighted by Gasteiger charge is 2.31. The van der Waals surface area contributed by atoms with Gasteiger partial charge >= 0.3 is 0 Å². The van der Waals surface area contributed by atoms with Gasteiger partial charge in [0.25, 0.3) is 0 Å². The molecule has 0 aromatic heterocycles. The smallest absolute Gasteiger partial charge is 0.234 e. The van der Waals surface area contributed by atoms with Crippen LogP contribution in [0.3, 0.4) is 0 Å². The Morgan fingerprint density at radius 1 is 1.28 bits per heavy atom. The molecule has 1 heterocycles. The zero-order valence-electron chi connectivity index (χ0n) is 16.8. The van der Waals surface area contributed by atoms with Crippen molar-refractivity contribution < 1.29 is 22.8 Å². The Balaban J connectivity index is 1.97. The summed E-state index contributed by atoms with van der Waals surface area (Å²) < 4.78 is 40.1. The normalized spacial score (nSPS) is 16.7. The van der Waals surface area contributed by atoms with Gasteiger partial charge in [0, 0.05) is 19.5 Å². The Morgan fingerprint density at radius 2 is 1.93 bits per heavy atom. The van der Waals surface area contributed by atoms with E-state index in [2.05, 4.69) is 18.8 Å². The van der Waals surface area contributed by atoms with Crippen molar-refractivity contribution >= 4 is 16.4 Å². The van der Waals surface area contributed by atoms with Crippen LogP contribution < -0.4 is 0 Å². The molecule has 6 nitrogen and oxygen atoms in total. The molecule has 0 bridgehead atoms. The van der Waals surface area contributed by atoms with Gasteiger partial charge in [0.1, 0.15) is 11.9 Å². The van der Waals surface area contributed by atoms with Crippen molar-refractivity contribution in [2.75, 3.05) is 18.8 Å². The van der Waals surface area contributed by atoms with Gasteiger partial charge in [0.15, 0.2) is 0 Å². The SMILES string of the molecule is CCCCCC#CC(CS(=O)(=O)N1CCC(c2ccc(F)cc2)CC1)N(O)C=O. The number of rotatable bonds is 9. The van der Waals surface area contributed by atoms with E-state index in [1.165, 1.54) is 16.4 Å². The van der Waals surface area contributed by atoms with Crippen molar-refractivity contribution in [3.8, 4) is 11.8 Å². The van der Waals surface area contributed by atoms with Gasteiger partial charge in [-0.15, -0.1) is 5.92 Å². The van der Waals surface area contributed by atoms with Gasteiger partial charge in [-0.1, -0.05) is 37.8 Å². The third kappa shape index (κ3) is 7.11. The molecule has 0 saturated carbocycles. The van der Waals surface area contributed by atoms with Crippen LogP contribution in [0.2, 0.25) is 0 Å². The quantitative estimate of drug-likeness (QED) is 0.217. The van der Waals surface area contributed by atoms with Crippen LogP contribution >= 0.6 is 0 Å². The number of halogens is 1. The van der Waals surface area contributed by atoms with E-state index in [0.717, 1.165) is 24.8 Å². The standard InChI is InChI=1S/C21H29FN2O4S/c1-2-3-4-5-6-7-21(24(26)17-25)16-29(27,28)23-14-12-19(13-15-23)18-8-10-20(22)11-9-18/h8-11,17,19,21,26H,2-5,12-16H2,1H3. The molecule has 29 heavy (non-hydrogen) atoms. The number of sulfonamides is 1. The topological polar surface area (TPSA) is 77.9 Å². The summed E-state index contributed by atoms with van der Waals surface area (Å²) in [5, 5.41) is 10.1. The van der Waals surface area contributed by atoms with Gasteiger partial charge in [0.2, 0.25) is 16.4 Å². The fraction of sp³-hybridized carbons (Fsp3) is 0.571. The van der Waals surface area contributed by atoms with Gasteiger partial charge < -0.3 is 0 Å². The summed E-state index contributed by atoms with van der Waals surface area (Å²) in [6.45, 7) is 2.75. The van der Waals surface area contributed by atoms with Crippen LogP contribution in [0, 0.1) is 17.7 Å². The number of piperidine rings is 1. The van der Waals surface area contributed by atoms with Crippen molar-refractivity contribution in [1.82, 2.24) is 9.37 Å². The minimum Gasteiger partial charge on any atom is -0.285 e. The molecule has 1 aliphatic heterocycles. The fourth-order valence-electron chi connectivity index (χ4n) is 3.42. The minimum absolute atomic E-state index is 0.181. The maximum Gasteiger partial charge on any atom is 0.234 e. The summed E-state index contributed by atoms with van der Waals surface area (Å²) >= 11 is 0. The molecule has 1 amide bonds. The van der Waals surface area contributed by atoms with E-state index >= 15 is 0 Å². The number of carbonyl (C=O) groups is 1. The second kappa shape index (κ2) is 11.3. The molecule has 1 aliphatic rings. The van der Waals surface area contributed by atoms with Crippen LogP contribution in [0.1, 0.15) is 56.9 Å². The van der Waals surface area contributed by atoms with E-state index in [4.69, 9.17) is 0 Å². The molecular weight excluding hydrogens is 395 g/mol. The van der Waals surface area contributed by atoms with Crippen LogP contribution in [0.5, 0.6) is 0 Å². The first-order chi connectivity index (χ1) is 13.9. The Hall–Kier alpha value is -1.95. The zero-order chi connectivity index (χ0) is 21.3. The monoisotopic (exact) mass is 424 g/mol. The predicted octanol–water partition coefficient (Wildman–Crippen LogP) is 3.13. The van der Waals surface area contributed by atoms with E-state index in [-0.39, 0.29) is 18.1 Å². The molecule has 0 aliphatic carbocycles. The lowest BCUT2D eigenvalue weighted by atomic mass is 9.90. The third-order valence-electron chi connectivity index (χ3n) is 5.16. The van der Waals surface area contributed by atoms with Crippen LogP contribution in [-0.4, -0.2) is 54.3 Å². The van der Waals surface area contributed by atoms with Gasteiger partial charge in [-0.2, -0.15) is 0 Å². The minimum atomic E-state index is -3.69. The molecule has 1 aromatic rings. The molecule has 160 valence electrons. The number of nitrogens with zero attached hydrogens (tertiary/aromatic N) is 2. The van der Waals surface area contributed by atoms with Crippen molar-refractivity contribution in [2.45, 2.75) is 57.4 Å². The van der Waals surface area contributed by atoms with Crippen LogP contribution in [0.4, 0.5) is 4.39 Å². The average molecular weight is 425 g/mol. The first-order valence-electron chi connectivity index (χ1n) is 10.0. The highest BCUT2D eigenvalue weighted by Crippen LogP contribution is 2.29. The van der Waals surface area contributed by atoms with E-state index in [9.17, 15) is 22.8 Å². The molecule has 2 rings (SSSR count). The maximum absolute atomic E-state index is 13.1. The maximum atomic E-state index is 13.1. The molecule has 1 N–H and O–H groups in total. The van der Waals surface area contributed by atoms with Crippen molar-refractivity contribution in [3.05, 3.63) is 35.6 Å². The lowest BCUT2D eigenvalue weighted by Crippen LogP contribution is -2.44. The fourth-order valence-corrected chi connectivity index (χ4v) is 5.03. The molecule has 8 heteroatoms. The van der Waals surface area contributed by atoms with Gasteiger partial charge in [0.05, 0.1) is 5.75 Å².